The van der Waals surface area contributed by atoms with Crippen LogP contribution in [0.2, 0.25) is 0 Å². The monoisotopic (exact) mass is 1170 g/mol. The number of thiophene rings is 1. The van der Waals surface area contributed by atoms with E-state index in [9.17, 15) is 70.7 Å². The van der Waals surface area contributed by atoms with Gasteiger partial charge in [0.1, 0.15) is 36.0 Å². The molecule has 8 N–H and O–H groups in total. The molecule has 3 aromatic carbocycles. The van der Waals surface area contributed by atoms with Crippen LogP contribution in [0.3, 0.4) is 0 Å². The summed E-state index contributed by atoms with van der Waals surface area (Å²) >= 11 is 0.921. The van der Waals surface area contributed by atoms with Gasteiger partial charge in [0.2, 0.25) is 41.4 Å². The molecule has 4 aromatic rings. The number of halogens is 3. The third-order valence-corrected chi connectivity index (χ3v) is 18.2. The molecule has 25 heteroatoms. The molecule has 0 saturated carbocycles. The lowest BCUT2D eigenvalue weighted by atomic mass is 9.91. The highest BCUT2D eigenvalue weighted by Gasteiger charge is 2.51. The van der Waals surface area contributed by atoms with Crippen molar-refractivity contribution in [3.63, 3.8) is 0 Å². The summed E-state index contributed by atoms with van der Waals surface area (Å²) in [6.45, 7) is 0.897. The van der Waals surface area contributed by atoms with Crippen LogP contribution in [-0.4, -0.2) is 127 Å². The molecule has 6 heterocycles. The Kier molecular flexibility index (Phi) is 18.0. The molecule has 1 aromatic heterocycles. The van der Waals surface area contributed by atoms with Gasteiger partial charge in [-0.25, -0.2) is 4.39 Å². The molecule has 82 heavy (non-hydrogen) atoms. The van der Waals surface area contributed by atoms with E-state index in [1.165, 1.54) is 46.2 Å². The predicted octanol–water partition coefficient (Wildman–Crippen LogP) is 4.61. The first-order valence-corrected chi connectivity index (χ1v) is 29.8. The number of likely N-dealkylation sites (tertiary alicyclic amines) is 1. The summed E-state index contributed by atoms with van der Waals surface area (Å²) in [5.41, 5.74) is 2.52. The van der Waals surface area contributed by atoms with Crippen LogP contribution in [0.1, 0.15) is 132 Å². The lowest BCUT2D eigenvalue weighted by Crippen LogP contribution is -2.59. The summed E-state index contributed by atoms with van der Waals surface area (Å²) in [7, 11) is -5.87. The molecule has 0 radical (unpaired) electrons. The standard InChI is InChI=1S/C57H62F3N8O12PS/c58-37-15-12-33(13-16-37)28-43(55(76)66-26-24-32(25-27-66)6-1-2-7-34-8-5-10-39-40(34)31-67(54(39)75)44-20-23-49(70)65-51(44)72)64-50(71)41(18-22-48(61)69)62-52(73)45-19-17-38-9-3-4-11-42(56(77)68(38)45)63-53(74)47-30-35-29-36(14-21-46(35)82-47)57(59,60)81(78,79)80/h5,8,10,12-16,21,29-30,32,38,41-45H,1,3-4,6,9,11,17-20,22-28,31H2,(H2,61,69)(H,62,73)(H,63,74)(H,64,71)(H,65,70,72)(H2,78,79,80)/t38-,41-,42-,43-,44?,45-/m0/s1. The smallest absolute Gasteiger partial charge is 0.370 e. The molecule has 0 aliphatic carbocycles. The second-order valence-corrected chi connectivity index (χ2v) is 24.3. The zero-order chi connectivity index (χ0) is 58.6. The highest BCUT2D eigenvalue weighted by molar-refractivity contribution is 7.52. The van der Waals surface area contributed by atoms with E-state index >= 15 is 0 Å². The number of hydrogen-bond donors (Lipinski definition) is 7. The van der Waals surface area contributed by atoms with E-state index in [1.54, 1.807) is 17.0 Å². The molecule has 5 aliphatic heterocycles. The van der Waals surface area contributed by atoms with Gasteiger partial charge in [0.05, 0.1) is 4.88 Å². The first kappa shape index (κ1) is 59.2. The first-order valence-electron chi connectivity index (χ1n) is 27.3. The van der Waals surface area contributed by atoms with Crippen molar-refractivity contribution in [3.05, 3.63) is 105 Å². The molecule has 9 rings (SSSR count). The summed E-state index contributed by atoms with van der Waals surface area (Å²) in [4.78, 5) is 144. The average Bonchev–Trinajstić information content (AvgIpc) is 3.77. The number of benzene rings is 3. The van der Waals surface area contributed by atoms with E-state index in [-0.39, 0.29) is 79.5 Å². The van der Waals surface area contributed by atoms with Gasteiger partial charge in [-0.15, -0.1) is 11.3 Å². The maximum Gasteiger partial charge on any atom is 0.399 e. The number of alkyl halides is 2. The molecule has 9 amide bonds. The van der Waals surface area contributed by atoms with Crippen LogP contribution in [-0.2, 0) is 56.8 Å². The number of imide groups is 1. The van der Waals surface area contributed by atoms with Crippen LogP contribution in [0, 0.1) is 23.6 Å². The van der Waals surface area contributed by atoms with Gasteiger partial charge in [-0.3, -0.25) is 53.0 Å². The maximum atomic E-state index is 14.5. The quantitative estimate of drug-likeness (QED) is 0.0434. The van der Waals surface area contributed by atoms with Crippen molar-refractivity contribution < 1.29 is 70.7 Å². The Bertz CT molecular complexity index is 3320. The average molecular weight is 1170 g/mol. The normalized spacial score (nSPS) is 21.3. The first-order chi connectivity index (χ1) is 39.1. The molecular weight excluding hydrogens is 1110 g/mol. The maximum absolute atomic E-state index is 14.5. The van der Waals surface area contributed by atoms with Crippen molar-refractivity contribution in [2.24, 2.45) is 11.7 Å². The van der Waals surface area contributed by atoms with Gasteiger partial charge >= 0.3 is 13.3 Å². The van der Waals surface area contributed by atoms with Crippen LogP contribution >= 0.6 is 18.9 Å². The van der Waals surface area contributed by atoms with Crippen molar-refractivity contribution in [2.45, 2.75) is 145 Å². The van der Waals surface area contributed by atoms with E-state index in [4.69, 9.17) is 5.73 Å². The summed E-state index contributed by atoms with van der Waals surface area (Å²) in [5, 5.41) is 10.7. The minimum atomic E-state index is -5.87. The van der Waals surface area contributed by atoms with Crippen LogP contribution in [0.4, 0.5) is 13.2 Å². The molecule has 1 unspecified atom stereocenters. The van der Waals surface area contributed by atoms with Crippen molar-refractivity contribution in [1.82, 2.24) is 36.0 Å². The van der Waals surface area contributed by atoms with E-state index in [0.717, 1.165) is 35.5 Å². The number of rotatable bonds is 17. The second kappa shape index (κ2) is 25.0. The lowest BCUT2D eigenvalue weighted by Gasteiger charge is -2.36. The number of carbonyl (C=O) groups excluding carboxylic acids is 9. The molecule has 5 aliphatic rings. The number of nitrogens with zero attached hydrogens (tertiary/aromatic N) is 3. The molecule has 4 saturated heterocycles. The summed E-state index contributed by atoms with van der Waals surface area (Å²) < 4.78 is 55.0. The third kappa shape index (κ3) is 13.2. The molecule has 434 valence electrons. The summed E-state index contributed by atoms with van der Waals surface area (Å²) in [6, 6.07) is 8.97. The SMILES string of the molecule is NC(=O)CC[C@H](NC(=O)[C@@H]1CC[C@@H]2CCCC[C@H](NC(=O)c3cc4cc(C(F)(F)P(=O)(O)O)ccc4s3)C(=O)N21)C(=O)N[C@@H](Cc1ccc(F)cc1)C(=O)N1CCC(CCC#Cc2cccc3c2CN(C2CCC(=O)NC2=O)C3=O)CC1. The number of nitrogens with one attached hydrogen (secondary N) is 4. The van der Waals surface area contributed by atoms with Crippen molar-refractivity contribution in [3.8, 4) is 11.8 Å². The molecule has 0 spiro atoms. The topological polar surface area (TPSA) is 295 Å². The summed E-state index contributed by atoms with van der Waals surface area (Å²) in [5.74, 6) is 0.988. The number of primary amides is 1. The minimum absolute atomic E-state index is 0.0355. The van der Waals surface area contributed by atoms with Gasteiger partial charge < -0.3 is 46.2 Å². The predicted molar refractivity (Wildman–Crippen MR) is 291 cm³/mol. The van der Waals surface area contributed by atoms with E-state index in [1.807, 2.05) is 6.07 Å². The third-order valence-electron chi connectivity index (χ3n) is 16.1. The number of piperidine rings is 2. The van der Waals surface area contributed by atoms with Crippen LogP contribution in [0.15, 0.2) is 66.7 Å². The van der Waals surface area contributed by atoms with Crippen LogP contribution < -0.4 is 27.0 Å². The Morgan fingerprint density at radius 2 is 1.63 bits per heavy atom. The number of hydrogen-bond acceptors (Lipinski definition) is 11. The fraction of sp³-hybridized carbons (Fsp3) is 0.456. The fourth-order valence-electron chi connectivity index (χ4n) is 11.6. The molecule has 6 atom stereocenters. The van der Waals surface area contributed by atoms with Crippen LogP contribution in [0.25, 0.3) is 10.1 Å². The Hall–Kier alpha value is -7.45. The van der Waals surface area contributed by atoms with E-state index < -0.39 is 102 Å². The number of amides is 9. The van der Waals surface area contributed by atoms with Gasteiger partial charge in [-0.2, -0.15) is 8.78 Å². The Morgan fingerprint density at radius 1 is 0.890 bits per heavy atom. The van der Waals surface area contributed by atoms with Crippen LogP contribution in [0.5, 0.6) is 0 Å². The van der Waals surface area contributed by atoms with Crippen molar-refractivity contribution >= 4 is 82.2 Å². The Balaban J connectivity index is 0.833. The van der Waals surface area contributed by atoms with Crippen molar-refractivity contribution in [1.29, 1.82) is 0 Å². The number of nitrogens with two attached hydrogens (primary N) is 1. The fourth-order valence-corrected chi connectivity index (χ4v) is 13.0. The molecular formula is C57H62F3N8O12PS. The molecule has 0 bridgehead atoms. The highest BCUT2D eigenvalue weighted by Crippen LogP contribution is 2.59. The molecule has 4 fully saturated rings. The highest BCUT2D eigenvalue weighted by atomic mass is 32.1. The number of fused-ring (bicyclic) bond motifs is 3. The Morgan fingerprint density at radius 3 is 2.35 bits per heavy atom. The van der Waals surface area contributed by atoms with E-state index in [2.05, 4.69) is 33.1 Å². The Labute approximate surface area is 473 Å². The van der Waals surface area contributed by atoms with Gasteiger partial charge in [-0.05, 0) is 123 Å². The van der Waals surface area contributed by atoms with Gasteiger partial charge in [0.25, 0.3) is 11.8 Å². The molecule has 20 nitrogen and oxygen atoms in total. The second-order valence-electron chi connectivity index (χ2n) is 21.6. The largest absolute Gasteiger partial charge is 0.399 e. The van der Waals surface area contributed by atoms with E-state index in [0.29, 0.717) is 79.4 Å². The van der Waals surface area contributed by atoms with Gasteiger partial charge in [-0.1, -0.05) is 48.9 Å². The minimum Gasteiger partial charge on any atom is -0.370 e. The zero-order valence-electron chi connectivity index (χ0n) is 44.5. The number of carbonyl (C=O) groups is 9. The zero-order valence-corrected chi connectivity index (χ0v) is 46.2. The summed E-state index contributed by atoms with van der Waals surface area (Å²) in [6.07, 6.45) is 4.80. The van der Waals surface area contributed by atoms with Gasteiger partial charge in [0, 0.05) is 72.7 Å². The van der Waals surface area contributed by atoms with Gasteiger partial charge in [0.15, 0.2) is 0 Å². The lowest BCUT2D eigenvalue weighted by molar-refractivity contribution is -0.143. The van der Waals surface area contributed by atoms with Crippen molar-refractivity contribution in [2.75, 3.05) is 13.1 Å².